The highest BCUT2D eigenvalue weighted by molar-refractivity contribution is 8.00. The van der Waals surface area contributed by atoms with Crippen molar-refractivity contribution in [1.82, 2.24) is 9.97 Å². The van der Waals surface area contributed by atoms with Gasteiger partial charge in [-0.2, -0.15) is 0 Å². The van der Waals surface area contributed by atoms with Gasteiger partial charge < -0.3 is 0 Å². The molecule has 0 N–H and O–H groups in total. The normalized spacial score (nSPS) is 10.6. The number of aromatic nitrogens is 2. The lowest BCUT2D eigenvalue weighted by Crippen LogP contribution is -1.68. The molecule has 0 aliphatic heterocycles. The van der Waals surface area contributed by atoms with Gasteiger partial charge in [-0.15, -0.1) is 11.3 Å². The van der Waals surface area contributed by atoms with Crippen LogP contribution in [-0.2, 0) is 0 Å². The molecular weight excluding hydrogens is 176 g/mol. The van der Waals surface area contributed by atoms with Crippen LogP contribution >= 0.6 is 23.1 Å². The second-order valence-corrected chi connectivity index (χ2v) is 4.11. The Morgan fingerprint density at radius 3 is 3.18 bits per heavy atom. The Morgan fingerprint density at radius 1 is 1.55 bits per heavy atom. The highest BCUT2D eigenvalue weighted by atomic mass is 32.2. The molecule has 0 spiro atoms. The van der Waals surface area contributed by atoms with Crippen molar-refractivity contribution in [3.8, 4) is 0 Å². The minimum absolute atomic E-state index is 1.05. The number of fused-ring (bicyclic) bond motifs is 1. The SMILES string of the molecule is CSc1nc2ccncc2s1. The molecule has 0 atom stereocenters. The van der Waals surface area contributed by atoms with E-state index in [9.17, 15) is 0 Å². The van der Waals surface area contributed by atoms with Gasteiger partial charge in [-0.1, -0.05) is 11.8 Å². The summed E-state index contributed by atoms with van der Waals surface area (Å²) in [6.45, 7) is 0. The van der Waals surface area contributed by atoms with E-state index >= 15 is 0 Å². The predicted molar refractivity (Wildman–Crippen MR) is 49.2 cm³/mol. The maximum Gasteiger partial charge on any atom is 0.150 e. The fourth-order valence-corrected chi connectivity index (χ4v) is 2.30. The topological polar surface area (TPSA) is 25.8 Å². The molecule has 0 saturated carbocycles. The Balaban J connectivity index is 2.69. The van der Waals surface area contributed by atoms with E-state index in [0.29, 0.717) is 0 Å². The van der Waals surface area contributed by atoms with Crippen molar-refractivity contribution in [2.24, 2.45) is 0 Å². The second kappa shape index (κ2) is 2.79. The molecule has 0 aliphatic rings. The number of rotatable bonds is 1. The summed E-state index contributed by atoms with van der Waals surface area (Å²) < 4.78 is 2.27. The van der Waals surface area contributed by atoms with Gasteiger partial charge in [0.2, 0.25) is 0 Å². The molecule has 0 aromatic carbocycles. The first-order valence-electron chi connectivity index (χ1n) is 3.14. The maximum absolute atomic E-state index is 4.37. The Morgan fingerprint density at radius 2 is 2.45 bits per heavy atom. The van der Waals surface area contributed by atoms with E-state index in [2.05, 4.69) is 9.97 Å². The third-order valence-corrected chi connectivity index (χ3v) is 3.34. The summed E-state index contributed by atoms with van der Waals surface area (Å²) in [6.07, 6.45) is 5.66. The summed E-state index contributed by atoms with van der Waals surface area (Å²) in [7, 11) is 0. The highest BCUT2D eigenvalue weighted by Crippen LogP contribution is 2.26. The van der Waals surface area contributed by atoms with Crippen LogP contribution in [0.2, 0.25) is 0 Å². The van der Waals surface area contributed by atoms with Crippen LogP contribution in [0, 0.1) is 0 Å². The zero-order valence-electron chi connectivity index (χ0n) is 5.94. The molecule has 2 aromatic rings. The maximum atomic E-state index is 4.37. The molecule has 0 radical (unpaired) electrons. The standard InChI is InChI=1S/C7H6N2S2/c1-10-7-9-5-2-3-8-4-6(5)11-7/h2-4H,1H3. The molecule has 56 valence electrons. The lowest BCUT2D eigenvalue weighted by molar-refractivity contribution is 1.29. The molecule has 2 heterocycles. The molecular formula is C7H6N2S2. The molecule has 0 amide bonds. The molecule has 0 saturated heterocycles. The number of hydrogen-bond acceptors (Lipinski definition) is 4. The largest absolute Gasteiger partial charge is 0.263 e. The van der Waals surface area contributed by atoms with Crippen molar-refractivity contribution in [2.45, 2.75) is 4.34 Å². The lowest BCUT2D eigenvalue weighted by atomic mass is 10.5. The predicted octanol–water partition coefficient (Wildman–Crippen LogP) is 2.41. The van der Waals surface area contributed by atoms with E-state index in [1.54, 1.807) is 29.3 Å². The van der Waals surface area contributed by atoms with Crippen LogP contribution in [0.25, 0.3) is 10.2 Å². The monoisotopic (exact) mass is 182 g/mol. The summed E-state index contributed by atoms with van der Waals surface area (Å²) in [4.78, 5) is 8.39. The van der Waals surface area contributed by atoms with Crippen LogP contribution in [0.15, 0.2) is 22.8 Å². The van der Waals surface area contributed by atoms with E-state index < -0.39 is 0 Å². The smallest absolute Gasteiger partial charge is 0.150 e. The van der Waals surface area contributed by atoms with Crippen molar-refractivity contribution < 1.29 is 0 Å². The van der Waals surface area contributed by atoms with Gasteiger partial charge in [0.1, 0.15) is 0 Å². The van der Waals surface area contributed by atoms with Gasteiger partial charge in [0.25, 0.3) is 0 Å². The number of pyridine rings is 1. The molecule has 0 fully saturated rings. The molecule has 2 aromatic heterocycles. The number of thioether (sulfide) groups is 1. The van der Waals surface area contributed by atoms with Gasteiger partial charge in [-0.25, -0.2) is 4.98 Å². The first-order chi connectivity index (χ1) is 5.40. The Labute approximate surface area is 72.7 Å². The first-order valence-corrected chi connectivity index (χ1v) is 5.19. The van der Waals surface area contributed by atoms with Crippen molar-refractivity contribution in [3.05, 3.63) is 18.5 Å². The van der Waals surface area contributed by atoms with Gasteiger partial charge in [-0.3, -0.25) is 4.98 Å². The molecule has 0 aliphatic carbocycles. The van der Waals surface area contributed by atoms with Gasteiger partial charge in [0.15, 0.2) is 4.34 Å². The Kier molecular flexibility index (Phi) is 1.79. The van der Waals surface area contributed by atoms with E-state index in [1.165, 1.54) is 0 Å². The van der Waals surface area contributed by atoms with Crippen molar-refractivity contribution in [3.63, 3.8) is 0 Å². The summed E-state index contributed by atoms with van der Waals surface area (Å²) in [6, 6.07) is 1.94. The van der Waals surface area contributed by atoms with Crippen LogP contribution in [0.5, 0.6) is 0 Å². The quantitative estimate of drug-likeness (QED) is 0.633. The molecule has 11 heavy (non-hydrogen) atoms. The number of hydrogen-bond donors (Lipinski definition) is 0. The van der Waals surface area contributed by atoms with E-state index in [-0.39, 0.29) is 0 Å². The molecule has 2 rings (SSSR count). The van der Waals surface area contributed by atoms with Crippen LogP contribution in [0.3, 0.4) is 0 Å². The van der Waals surface area contributed by atoms with Crippen LogP contribution in [0.1, 0.15) is 0 Å². The third kappa shape index (κ3) is 1.23. The highest BCUT2D eigenvalue weighted by Gasteiger charge is 2.00. The molecule has 4 heteroatoms. The molecule has 0 unspecified atom stereocenters. The average Bonchev–Trinajstić information content (AvgIpc) is 2.46. The van der Waals surface area contributed by atoms with Crippen LogP contribution in [0.4, 0.5) is 0 Å². The van der Waals surface area contributed by atoms with Crippen molar-refractivity contribution in [2.75, 3.05) is 6.26 Å². The van der Waals surface area contributed by atoms with E-state index in [4.69, 9.17) is 0 Å². The summed E-state index contributed by atoms with van der Waals surface area (Å²) >= 11 is 3.36. The van der Waals surface area contributed by atoms with E-state index in [1.807, 2.05) is 18.5 Å². The summed E-state index contributed by atoms with van der Waals surface area (Å²) in [5.74, 6) is 0. The average molecular weight is 182 g/mol. The number of thiazole rings is 1. The Bertz CT molecular complexity index is 336. The number of nitrogens with zero attached hydrogens (tertiary/aromatic N) is 2. The Hall–Kier alpha value is -0.610. The lowest BCUT2D eigenvalue weighted by Gasteiger charge is -1.80. The van der Waals surface area contributed by atoms with Gasteiger partial charge in [0, 0.05) is 12.4 Å². The minimum Gasteiger partial charge on any atom is -0.263 e. The summed E-state index contributed by atoms with van der Waals surface area (Å²) in [5.41, 5.74) is 1.05. The molecule has 2 nitrogen and oxygen atoms in total. The van der Waals surface area contributed by atoms with Crippen molar-refractivity contribution >= 4 is 33.3 Å². The van der Waals surface area contributed by atoms with Crippen LogP contribution < -0.4 is 0 Å². The zero-order chi connectivity index (χ0) is 7.68. The second-order valence-electron chi connectivity index (χ2n) is 2.03. The summed E-state index contributed by atoms with van der Waals surface area (Å²) in [5, 5.41) is 0. The van der Waals surface area contributed by atoms with Crippen molar-refractivity contribution in [1.29, 1.82) is 0 Å². The molecule has 0 bridgehead atoms. The van der Waals surface area contributed by atoms with Gasteiger partial charge in [-0.05, 0) is 12.3 Å². The third-order valence-electron chi connectivity index (χ3n) is 1.35. The fourth-order valence-electron chi connectivity index (χ4n) is 0.846. The first kappa shape index (κ1) is 7.06. The minimum atomic E-state index is 1.05. The van der Waals surface area contributed by atoms with Gasteiger partial charge in [0.05, 0.1) is 10.2 Å². The zero-order valence-corrected chi connectivity index (χ0v) is 7.58. The fraction of sp³-hybridized carbons (Fsp3) is 0.143. The van der Waals surface area contributed by atoms with Crippen LogP contribution in [-0.4, -0.2) is 16.2 Å². The van der Waals surface area contributed by atoms with Gasteiger partial charge >= 0.3 is 0 Å². The van der Waals surface area contributed by atoms with E-state index in [0.717, 1.165) is 14.6 Å².